The first-order chi connectivity index (χ1) is 17.5. The summed E-state index contributed by atoms with van der Waals surface area (Å²) >= 11 is 0. The summed E-state index contributed by atoms with van der Waals surface area (Å²) in [6, 6.07) is 2.09. The highest BCUT2D eigenvalue weighted by atomic mass is 16.6. The van der Waals surface area contributed by atoms with Crippen molar-refractivity contribution in [2.24, 2.45) is 17.1 Å². The summed E-state index contributed by atoms with van der Waals surface area (Å²) in [6.45, 7) is 4.88. The smallest absolute Gasteiger partial charge is 0.323 e. The number of aliphatic hydroxyl groups excluding tert-OH is 1. The molecule has 0 unspecified atom stereocenters. The molecule has 1 fully saturated rings. The quantitative estimate of drug-likeness (QED) is 0.309. The fourth-order valence-corrected chi connectivity index (χ4v) is 4.39. The second-order valence-electron chi connectivity index (χ2n) is 10.5. The van der Waals surface area contributed by atoms with Crippen LogP contribution in [-0.4, -0.2) is 56.5 Å². The Morgan fingerprint density at radius 2 is 1.97 bits per heavy atom. The Balaban J connectivity index is 1.85. The maximum absolute atomic E-state index is 12.9. The number of anilines is 1. The standard InChI is InChI=1S/C25H36N6O6/c1-25(2,3)22(27)24(34)37-21(20(33)16-9-10-17-23(28)29-14-30-31(16)17)18(36-13-26)12-35-19(32)11-15-7-5-4-6-8-15/h9-10,14-15,18,20-22,33H,4-8,11-12,27H2,1-3H3,(H2,28,29,30)/t18-,20+,21-,22-/m1/s1. The maximum Gasteiger partial charge on any atom is 0.323 e. The predicted octanol–water partition coefficient (Wildman–Crippen LogP) is 2.01. The van der Waals surface area contributed by atoms with Crippen molar-refractivity contribution < 1.29 is 28.9 Å². The zero-order valence-corrected chi connectivity index (χ0v) is 21.5. The van der Waals surface area contributed by atoms with Gasteiger partial charge in [-0.25, -0.2) is 9.50 Å². The van der Waals surface area contributed by atoms with E-state index in [0.29, 0.717) is 5.52 Å². The number of ether oxygens (including phenoxy) is 3. The van der Waals surface area contributed by atoms with Crippen LogP contribution in [0.25, 0.3) is 5.52 Å². The molecule has 37 heavy (non-hydrogen) atoms. The zero-order chi connectivity index (χ0) is 27.2. The Labute approximate surface area is 215 Å². The van der Waals surface area contributed by atoms with Gasteiger partial charge in [0.1, 0.15) is 30.6 Å². The predicted molar refractivity (Wildman–Crippen MR) is 132 cm³/mol. The molecule has 1 aliphatic carbocycles. The molecular formula is C25H36N6O6. The third-order valence-corrected chi connectivity index (χ3v) is 6.72. The molecule has 0 aromatic carbocycles. The summed E-state index contributed by atoms with van der Waals surface area (Å²) in [4.78, 5) is 29.4. The number of nitrogens with two attached hydrogens (primary N) is 2. The van der Waals surface area contributed by atoms with Gasteiger partial charge in [-0.3, -0.25) is 9.59 Å². The van der Waals surface area contributed by atoms with Crippen LogP contribution in [0.4, 0.5) is 5.82 Å². The Hall–Kier alpha value is -3.43. The Morgan fingerprint density at radius 3 is 2.62 bits per heavy atom. The number of aliphatic hydroxyl groups is 1. The van der Waals surface area contributed by atoms with Crippen molar-refractivity contribution in [1.29, 1.82) is 5.26 Å². The van der Waals surface area contributed by atoms with Gasteiger partial charge in [-0.1, -0.05) is 40.0 Å². The third-order valence-electron chi connectivity index (χ3n) is 6.72. The number of nitrogen functional groups attached to an aromatic ring is 1. The molecule has 1 saturated carbocycles. The minimum absolute atomic E-state index is 0.179. The van der Waals surface area contributed by atoms with Crippen LogP contribution < -0.4 is 11.5 Å². The van der Waals surface area contributed by atoms with Gasteiger partial charge in [0.05, 0.1) is 5.69 Å². The van der Waals surface area contributed by atoms with E-state index in [-0.39, 0.29) is 23.9 Å². The highest BCUT2D eigenvalue weighted by Gasteiger charge is 2.40. The van der Waals surface area contributed by atoms with Gasteiger partial charge in [0.2, 0.25) is 0 Å². The van der Waals surface area contributed by atoms with Crippen molar-refractivity contribution in [3.63, 3.8) is 0 Å². The number of rotatable bonds is 10. The summed E-state index contributed by atoms with van der Waals surface area (Å²) in [5.74, 6) is -0.833. The molecule has 0 aliphatic heterocycles. The van der Waals surface area contributed by atoms with Crippen molar-refractivity contribution in [2.45, 2.75) is 83.6 Å². The number of fused-ring (bicyclic) bond motifs is 1. The molecule has 1 aliphatic rings. The van der Waals surface area contributed by atoms with Gasteiger partial charge in [-0.15, -0.1) is 0 Å². The fraction of sp³-hybridized carbons (Fsp3) is 0.640. The first kappa shape index (κ1) is 28.1. The van der Waals surface area contributed by atoms with Crippen molar-refractivity contribution in [1.82, 2.24) is 14.6 Å². The van der Waals surface area contributed by atoms with Gasteiger partial charge in [0, 0.05) is 6.42 Å². The zero-order valence-electron chi connectivity index (χ0n) is 21.5. The number of carbonyl (C=O) groups excluding carboxylic acids is 2. The molecule has 0 spiro atoms. The molecule has 2 aromatic rings. The summed E-state index contributed by atoms with van der Waals surface area (Å²) < 4.78 is 17.5. The minimum atomic E-state index is -1.54. The van der Waals surface area contributed by atoms with Crippen molar-refractivity contribution in [3.05, 3.63) is 24.2 Å². The molecule has 12 nitrogen and oxygen atoms in total. The minimum Gasteiger partial charge on any atom is -0.462 e. The van der Waals surface area contributed by atoms with E-state index in [2.05, 4.69) is 10.1 Å². The lowest BCUT2D eigenvalue weighted by Crippen LogP contribution is -2.48. The van der Waals surface area contributed by atoms with Crippen LogP contribution in [0.3, 0.4) is 0 Å². The number of nitriles is 1. The van der Waals surface area contributed by atoms with Crippen molar-refractivity contribution in [2.75, 3.05) is 12.3 Å². The van der Waals surface area contributed by atoms with Gasteiger partial charge in [0.25, 0.3) is 6.26 Å². The van der Waals surface area contributed by atoms with E-state index in [1.807, 2.05) is 0 Å². The third kappa shape index (κ3) is 7.08. The highest BCUT2D eigenvalue weighted by Crippen LogP contribution is 2.29. The molecule has 2 aromatic heterocycles. The summed E-state index contributed by atoms with van der Waals surface area (Å²) in [5, 5.41) is 24.8. The van der Waals surface area contributed by atoms with Gasteiger partial charge < -0.3 is 30.8 Å². The van der Waals surface area contributed by atoms with E-state index in [9.17, 15) is 20.0 Å². The Morgan fingerprint density at radius 1 is 1.27 bits per heavy atom. The second kappa shape index (κ2) is 12.2. The lowest BCUT2D eigenvalue weighted by molar-refractivity contribution is -0.175. The number of aromatic nitrogens is 3. The van der Waals surface area contributed by atoms with Crippen LogP contribution in [0.1, 0.15) is 71.1 Å². The monoisotopic (exact) mass is 516 g/mol. The van der Waals surface area contributed by atoms with Crippen LogP contribution in [-0.2, 0) is 23.8 Å². The number of hydrogen-bond acceptors (Lipinski definition) is 11. The lowest BCUT2D eigenvalue weighted by Gasteiger charge is -2.32. The molecular weight excluding hydrogens is 480 g/mol. The van der Waals surface area contributed by atoms with E-state index in [0.717, 1.165) is 32.1 Å². The normalized spacial score (nSPS) is 17.8. The number of hydrogen-bond donors (Lipinski definition) is 3. The summed E-state index contributed by atoms with van der Waals surface area (Å²) in [5.41, 5.74) is 12.0. The van der Waals surface area contributed by atoms with Gasteiger partial charge in [-0.2, -0.15) is 10.4 Å². The topological polar surface area (TPSA) is 188 Å². The van der Waals surface area contributed by atoms with Crippen LogP contribution in [0.2, 0.25) is 0 Å². The maximum atomic E-state index is 12.9. The van der Waals surface area contributed by atoms with Gasteiger partial charge in [0.15, 0.2) is 18.0 Å². The molecule has 12 heteroatoms. The average molecular weight is 517 g/mol. The molecule has 5 N–H and O–H groups in total. The molecule has 0 radical (unpaired) electrons. The number of esters is 2. The highest BCUT2D eigenvalue weighted by molar-refractivity contribution is 5.76. The van der Waals surface area contributed by atoms with E-state index in [1.165, 1.54) is 16.9 Å². The van der Waals surface area contributed by atoms with Crippen molar-refractivity contribution in [3.8, 4) is 6.26 Å². The average Bonchev–Trinajstić information content (AvgIpc) is 3.30. The summed E-state index contributed by atoms with van der Waals surface area (Å²) in [6.07, 6.45) is 3.96. The van der Waals surface area contributed by atoms with E-state index < -0.39 is 48.3 Å². The number of nitrogens with zero attached hydrogens (tertiary/aromatic N) is 4. The van der Waals surface area contributed by atoms with E-state index in [4.69, 9.17) is 25.7 Å². The first-order valence-electron chi connectivity index (χ1n) is 12.5. The van der Waals surface area contributed by atoms with Crippen LogP contribution >= 0.6 is 0 Å². The Kier molecular flexibility index (Phi) is 9.29. The van der Waals surface area contributed by atoms with Crippen LogP contribution in [0.5, 0.6) is 0 Å². The molecule has 3 rings (SSSR count). The molecule has 4 atom stereocenters. The molecule has 2 heterocycles. The SMILES string of the molecule is CC(C)(C)[C@H](N)C(=O)O[C@H]([C@@H](COC(=O)CC1CCCCC1)OC#N)[C@@H](O)c1ccc2c(N)ncnn12. The summed E-state index contributed by atoms with van der Waals surface area (Å²) in [7, 11) is 0. The van der Waals surface area contributed by atoms with Crippen LogP contribution in [0.15, 0.2) is 18.5 Å². The van der Waals surface area contributed by atoms with Crippen LogP contribution in [0, 0.1) is 22.9 Å². The van der Waals surface area contributed by atoms with Gasteiger partial charge in [-0.05, 0) is 36.3 Å². The molecule has 0 saturated heterocycles. The van der Waals surface area contributed by atoms with Gasteiger partial charge >= 0.3 is 11.9 Å². The number of carbonyl (C=O) groups is 2. The van der Waals surface area contributed by atoms with Crippen molar-refractivity contribution >= 4 is 23.3 Å². The fourth-order valence-electron chi connectivity index (χ4n) is 4.39. The van der Waals surface area contributed by atoms with E-state index >= 15 is 0 Å². The first-order valence-corrected chi connectivity index (χ1v) is 12.5. The Bertz CT molecular complexity index is 1120. The molecule has 202 valence electrons. The lowest BCUT2D eigenvalue weighted by atomic mass is 9.87. The second-order valence-corrected chi connectivity index (χ2v) is 10.5. The van der Waals surface area contributed by atoms with E-state index in [1.54, 1.807) is 33.1 Å². The molecule has 0 amide bonds. The molecule has 0 bridgehead atoms. The largest absolute Gasteiger partial charge is 0.462 e.